The molecule has 1 heterocycles. The molecule has 0 aliphatic heterocycles. The number of fused-ring (bicyclic) bond motifs is 1. The van der Waals surface area contributed by atoms with Crippen LogP contribution in [0.3, 0.4) is 0 Å². The predicted molar refractivity (Wildman–Crippen MR) is 96.6 cm³/mol. The molecule has 2 aromatic carbocycles. The number of Topliss-reactive ketones (excluding diaryl/α,β-unsaturated/α-hetero) is 1. The van der Waals surface area contributed by atoms with Gasteiger partial charge < -0.3 is 4.74 Å². The lowest BCUT2D eigenvalue weighted by molar-refractivity contribution is 0.101. The third kappa shape index (κ3) is 3.30. The normalized spacial score (nSPS) is 10.8. The summed E-state index contributed by atoms with van der Waals surface area (Å²) in [5.74, 6) is 0.879. The average molecular weight is 319 g/mol. The van der Waals surface area contributed by atoms with Gasteiger partial charge >= 0.3 is 0 Å². The van der Waals surface area contributed by atoms with Crippen LogP contribution in [-0.2, 0) is 13.0 Å². The standard InChI is InChI=1S/C21H21NO2/c1-4-16-12-18(9-10-19(16)15(3)23)24-13-17-11-14(2)22-21-8-6-5-7-20(17)21/h5-12H,4,13H2,1-3H3. The van der Waals surface area contributed by atoms with E-state index < -0.39 is 0 Å². The first kappa shape index (κ1) is 16.2. The van der Waals surface area contributed by atoms with E-state index in [9.17, 15) is 4.79 Å². The maximum absolute atomic E-state index is 11.7. The lowest BCUT2D eigenvalue weighted by Gasteiger charge is -2.12. The molecule has 3 aromatic rings. The van der Waals surface area contributed by atoms with Crippen LogP contribution in [0.2, 0.25) is 0 Å². The van der Waals surface area contributed by atoms with E-state index in [1.807, 2.05) is 50.2 Å². The van der Waals surface area contributed by atoms with Crippen LogP contribution in [0.5, 0.6) is 5.75 Å². The predicted octanol–water partition coefficient (Wildman–Crippen LogP) is 4.89. The minimum Gasteiger partial charge on any atom is -0.489 e. The molecule has 0 bridgehead atoms. The monoisotopic (exact) mass is 319 g/mol. The highest BCUT2D eigenvalue weighted by Crippen LogP contribution is 2.23. The van der Waals surface area contributed by atoms with Crippen LogP contribution in [0.15, 0.2) is 48.5 Å². The second-order valence-electron chi connectivity index (χ2n) is 5.96. The van der Waals surface area contributed by atoms with Crippen molar-refractivity contribution in [2.75, 3.05) is 0 Å². The summed E-state index contributed by atoms with van der Waals surface area (Å²) in [5, 5.41) is 1.11. The van der Waals surface area contributed by atoms with E-state index in [-0.39, 0.29) is 5.78 Å². The van der Waals surface area contributed by atoms with Crippen LogP contribution in [0.4, 0.5) is 0 Å². The van der Waals surface area contributed by atoms with Gasteiger partial charge in [0.05, 0.1) is 5.52 Å². The number of rotatable bonds is 5. The third-order valence-corrected chi connectivity index (χ3v) is 4.16. The summed E-state index contributed by atoms with van der Waals surface area (Å²) in [4.78, 5) is 16.2. The number of ether oxygens (including phenoxy) is 1. The molecule has 3 heteroatoms. The number of pyridine rings is 1. The van der Waals surface area contributed by atoms with Gasteiger partial charge in [0.1, 0.15) is 12.4 Å². The van der Waals surface area contributed by atoms with Crippen LogP contribution < -0.4 is 4.74 Å². The largest absolute Gasteiger partial charge is 0.489 e. The van der Waals surface area contributed by atoms with E-state index in [2.05, 4.69) is 17.1 Å². The second-order valence-corrected chi connectivity index (χ2v) is 5.96. The fraction of sp³-hybridized carbons (Fsp3) is 0.238. The lowest BCUT2D eigenvalue weighted by Crippen LogP contribution is -2.02. The van der Waals surface area contributed by atoms with Crippen molar-refractivity contribution in [1.82, 2.24) is 4.98 Å². The van der Waals surface area contributed by atoms with Gasteiger partial charge in [-0.2, -0.15) is 0 Å². The molecular weight excluding hydrogens is 298 g/mol. The number of carbonyl (C=O) groups excluding carboxylic acids is 1. The summed E-state index contributed by atoms with van der Waals surface area (Å²) in [5.41, 5.74) is 4.88. The van der Waals surface area contributed by atoms with Crippen molar-refractivity contribution in [3.63, 3.8) is 0 Å². The Kier molecular flexibility index (Phi) is 4.61. The quantitative estimate of drug-likeness (QED) is 0.629. The molecule has 3 nitrogen and oxygen atoms in total. The zero-order chi connectivity index (χ0) is 17.1. The van der Waals surface area contributed by atoms with E-state index in [1.54, 1.807) is 6.92 Å². The molecule has 0 atom stereocenters. The van der Waals surface area contributed by atoms with Crippen molar-refractivity contribution in [1.29, 1.82) is 0 Å². The van der Waals surface area contributed by atoms with Crippen LogP contribution in [-0.4, -0.2) is 10.8 Å². The first-order valence-electron chi connectivity index (χ1n) is 8.20. The molecular formula is C21H21NO2. The topological polar surface area (TPSA) is 39.2 Å². The number of aromatic nitrogens is 1. The van der Waals surface area contributed by atoms with E-state index in [4.69, 9.17) is 4.74 Å². The minimum absolute atomic E-state index is 0.0918. The molecule has 0 radical (unpaired) electrons. The molecule has 1 aromatic heterocycles. The molecule has 0 saturated carbocycles. The molecule has 0 fully saturated rings. The van der Waals surface area contributed by atoms with Crippen molar-refractivity contribution < 1.29 is 9.53 Å². The van der Waals surface area contributed by atoms with Crippen LogP contribution >= 0.6 is 0 Å². The smallest absolute Gasteiger partial charge is 0.160 e. The highest BCUT2D eigenvalue weighted by molar-refractivity contribution is 5.95. The molecule has 0 spiro atoms. The SMILES string of the molecule is CCc1cc(OCc2cc(C)nc3ccccc23)ccc1C(C)=O. The van der Waals surface area contributed by atoms with E-state index in [1.165, 1.54) is 0 Å². The minimum atomic E-state index is 0.0918. The van der Waals surface area contributed by atoms with Gasteiger partial charge in [-0.15, -0.1) is 0 Å². The summed E-state index contributed by atoms with van der Waals surface area (Å²) in [6.45, 7) is 6.12. The Hall–Kier alpha value is -2.68. The Labute approximate surface area is 142 Å². The number of benzene rings is 2. The van der Waals surface area contributed by atoms with E-state index >= 15 is 0 Å². The zero-order valence-corrected chi connectivity index (χ0v) is 14.3. The van der Waals surface area contributed by atoms with Gasteiger partial charge in [0.25, 0.3) is 0 Å². The summed E-state index contributed by atoms with van der Waals surface area (Å²) in [6.07, 6.45) is 0.809. The number of hydrogen-bond acceptors (Lipinski definition) is 3. The van der Waals surface area contributed by atoms with Gasteiger partial charge in [-0.3, -0.25) is 9.78 Å². The maximum Gasteiger partial charge on any atom is 0.160 e. The first-order valence-corrected chi connectivity index (χ1v) is 8.20. The van der Waals surface area contributed by atoms with Crippen molar-refractivity contribution in [3.05, 3.63) is 70.9 Å². The molecule has 0 N–H and O–H groups in total. The van der Waals surface area contributed by atoms with E-state index in [0.29, 0.717) is 6.61 Å². The van der Waals surface area contributed by atoms with Crippen LogP contribution in [0.25, 0.3) is 10.9 Å². The Morgan fingerprint density at radius 2 is 1.88 bits per heavy atom. The number of hydrogen-bond donors (Lipinski definition) is 0. The van der Waals surface area contributed by atoms with Gasteiger partial charge in [0.2, 0.25) is 0 Å². The average Bonchev–Trinajstić information content (AvgIpc) is 2.59. The van der Waals surface area contributed by atoms with Gasteiger partial charge in [-0.05, 0) is 56.2 Å². The van der Waals surface area contributed by atoms with Gasteiger partial charge in [-0.25, -0.2) is 0 Å². The molecule has 0 aliphatic carbocycles. The zero-order valence-electron chi connectivity index (χ0n) is 14.3. The van der Waals surface area contributed by atoms with Gasteiger partial charge in [0.15, 0.2) is 5.78 Å². The number of para-hydroxylation sites is 1. The maximum atomic E-state index is 11.7. The fourth-order valence-electron chi connectivity index (χ4n) is 2.97. The Bertz CT molecular complexity index is 899. The number of carbonyl (C=O) groups is 1. The number of nitrogens with zero attached hydrogens (tertiary/aromatic N) is 1. The molecule has 122 valence electrons. The lowest BCUT2D eigenvalue weighted by atomic mass is 10.0. The van der Waals surface area contributed by atoms with Gasteiger partial charge in [-0.1, -0.05) is 25.1 Å². The van der Waals surface area contributed by atoms with Crippen molar-refractivity contribution in [2.24, 2.45) is 0 Å². The molecule has 0 aliphatic rings. The molecule has 3 rings (SSSR count). The fourth-order valence-corrected chi connectivity index (χ4v) is 2.97. The molecule has 0 unspecified atom stereocenters. The van der Waals surface area contributed by atoms with Crippen molar-refractivity contribution in [3.8, 4) is 5.75 Å². The van der Waals surface area contributed by atoms with Crippen molar-refractivity contribution >= 4 is 16.7 Å². The van der Waals surface area contributed by atoms with E-state index in [0.717, 1.165) is 45.5 Å². The van der Waals surface area contributed by atoms with Crippen molar-refractivity contribution in [2.45, 2.75) is 33.8 Å². The Balaban J connectivity index is 1.87. The highest BCUT2D eigenvalue weighted by atomic mass is 16.5. The number of ketones is 1. The summed E-state index contributed by atoms with van der Waals surface area (Å²) >= 11 is 0. The summed E-state index contributed by atoms with van der Waals surface area (Å²) < 4.78 is 5.99. The first-order chi connectivity index (χ1) is 11.6. The van der Waals surface area contributed by atoms with Crippen LogP contribution in [0.1, 0.15) is 41.0 Å². The number of aryl methyl sites for hydroxylation is 2. The summed E-state index contributed by atoms with van der Waals surface area (Å²) in [7, 11) is 0. The summed E-state index contributed by atoms with van der Waals surface area (Å²) in [6, 6.07) is 15.8. The molecule has 24 heavy (non-hydrogen) atoms. The molecule has 0 saturated heterocycles. The second kappa shape index (κ2) is 6.83. The Morgan fingerprint density at radius 1 is 1.08 bits per heavy atom. The van der Waals surface area contributed by atoms with Gasteiger partial charge in [0, 0.05) is 22.2 Å². The van der Waals surface area contributed by atoms with Crippen LogP contribution in [0, 0.1) is 6.92 Å². The highest BCUT2D eigenvalue weighted by Gasteiger charge is 2.09. The molecule has 0 amide bonds. The Morgan fingerprint density at radius 3 is 2.62 bits per heavy atom. The third-order valence-electron chi connectivity index (χ3n) is 4.16.